The molecule has 1 rings (SSSR count). The standard InChI is InChI=1S/C14H27N3/c1-3-4-5-6-7-8-9-10-14-16-11-13(17-14)12(2)15/h11-12H,3-10,15H2,1-2H3,(H,16,17). The molecule has 0 saturated heterocycles. The van der Waals surface area contributed by atoms with E-state index in [9.17, 15) is 0 Å². The first kappa shape index (κ1) is 14.2. The summed E-state index contributed by atoms with van der Waals surface area (Å²) in [6.07, 6.45) is 12.3. The zero-order valence-corrected chi connectivity index (χ0v) is 11.3. The summed E-state index contributed by atoms with van der Waals surface area (Å²) in [7, 11) is 0. The zero-order chi connectivity index (χ0) is 12.5. The van der Waals surface area contributed by atoms with Crippen molar-refractivity contribution in [3.8, 4) is 0 Å². The molecule has 0 aromatic carbocycles. The number of aromatic amines is 1. The first-order valence-corrected chi connectivity index (χ1v) is 7.03. The molecular formula is C14H27N3. The summed E-state index contributed by atoms with van der Waals surface area (Å²) < 4.78 is 0. The minimum atomic E-state index is 0.0605. The molecule has 0 aliphatic heterocycles. The Labute approximate surface area is 105 Å². The largest absolute Gasteiger partial charge is 0.345 e. The van der Waals surface area contributed by atoms with Crippen molar-refractivity contribution in [3.05, 3.63) is 17.7 Å². The second-order valence-electron chi connectivity index (χ2n) is 4.95. The zero-order valence-electron chi connectivity index (χ0n) is 11.3. The van der Waals surface area contributed by atoms with Crippen molar-refractivity contribution >= 4 is 0 Å². The lowest BCUT2D eigenvalue weighted by Crippen LogP contribution is -2.05. The van der Waals surface area contributed by atoms with Crippen molar-refractivity contribution in [2.75, 3.05) is 0 Å². The molecule has 1 aromatic heterocycles. The van der Waals surface area contributed by atoms with Crippen LogP contribution in [0.5, 0.6) is 0 Å². The fourth-order valence-electron chi connectivity index (χ4n) is 1.99. The van der Waals surface area contributed by atoms with Crippen LogP contribution in [0.4, 0.5) is 0 Å². The van der Waals surface area contributed by atoms with E-state index in [0.717, 1.165) is 17.9 Å². The molecule has 3 N–H and O–H groups in total. The molecule has 0 fully saturated rings. The molecule has 0 radical (unpaired) electrons. The summed E-state index contributed by atoms with van der Waals surface area (Å²) >= 11 is 0. The molecule has 17 heavy (non-hydrogen) atoms. The minimum absolute atomic E-state index is 0.0605. The maximum atomic E-state index is 5.78. The molecule has 1 atom stereocenters. The molecule has 0 amide bonds. The van der Waals surface area contributed by atoms with Crippen molar-refractivity contribution in [2.45, 2.75) is 71.3 Å². The number of hydrogen-bond donors (Lipinski definition) is 2. The van der Waals surface area contributed by atoms with Gasteiger partial charge in [-0.2, -0.15) is 0 Å². The molecule has 1 heterocycles. The Balaban J connectivity index is 2.05. The highest BCUT2D eigenvalue weighted by molar-refractivity contribution is 5.04. The van der Waals surface area contributed by atoms with E-state index >= 15 is 0 Å². The van der Waals surface area contributed by atoms with Gasteiger partial charge in [-0.05, 0) is 13.3 Å². The Morgan fingerprint density at radius 2 is 1.82 bits per heavy atom. The van der Waals surface area contributed by atoms with Gasteiger partial charge in [0.2, 0.25) is 0 Å². The first-order valence-electron chi connectivity index (χ1n) is 7.03. The molecule has 1 unspecified atom stereocenters. The van der Waals surface area contributed by atoms with E-state index < -0.39 is 0 Å². The van der Waals surface area contributed by atoms with Gasteiger partial charge in [-0.25, -0.2) is 4.98 Å². The highest BCUT2D eigenvalue weighted by atomic mass is 14.9. The Morgan fingerprint density at radius 3 is 2.41 bits per heavy atom. The molecule has 3 heteroatoms. The van der Waals surface area contributed by atoms with Gasteiger partial charge in [-0.15, -0.1) is 0 Å². The van der Waals surface area contributed by atoms with Crippen molar-refractivity contribution in [2.24, 2.45) is 5.73 Å². The quantitative estimate of drug-likeness (QED) is 0.643. The van der Waals surface area contributed by atoms with Crippen LogP contribution in [0.1, 0.15) is 76.4 Å². The van der Waals surface area contributed by atoms with Gasteiger partial charge in [-0.3, -0.25) is 0 Å². The van der Waals surface area contributed by atoms with E-state index in [2.05, 4.69) is 16.9 Å². The summed E-state index contributed by atoms with van der Waals surface area (Å²) in [4.78, 5) is 7.64. The average Bonchev–Trinajstić information content (AvgIpc) is 2.77. The number of nitrogens with two attached hydrogens (primary N) is 1. The molecule has 1 aromatic rings. The predicted octanol–water partition coefficient (Wildman–Crippen LogP) is 3.72. The summed E-state index contributed by atoms with van der Waals surface area (Å²) in [6.45, 7) is 4.23. The lowest BCUT2D eigenvalue weighted by atomic mass is 10.1. The predicted molar refractivity (Wildman–Crippen MR) is 72.9 cm³/mol. The number of nitrogens with zero attached hydrogens (tertiary/aromatic N) is 1. The van der Waals surface area contributed by atoms with E-state index in [4.69, 9.17) is 5.73 Å². The third-order valence-corrected chi connectivity index (χ3v) is 3.16. The van der Waals surface area contributed by atoms with Gasteiger partial charge in [0.15, 0.2) is 0 Å². The SMILES string of the molecule is CCCCCCCCCc1ncc(C(C)N)[nH]1. The Morgan fingerprint density at radius 1 is 1.18 bits per heavy atom. The maximum Gasteiger partial charge on any atom is 0.106 e. The van der Waals surface area contributed by atoms with E-state index in [1.165, 1.54) is 44.9 Å². The van der Waals surface area contributed by atoms with Gasteiger partial charge in [0.1, 0.15) is 5.82 Å². The molecule has 98 valence electrons. The van der Waals surface area contributed by atoms with Crippen LogP contribution in [0, 0.1) is 0 Å². The summed E-state index contributed by atoms with van der Waals surface area (Å²) in [6, 6.07) is 0.0605. The van der Waals surface area contributed by atoms with Crippen LogP contribution in [0.3, 0.4) is 0 Å². The lowest BCUT2D eigenvalue weighted by Gasteiger charge is -2.01. The van der Waals surface area contributed by atoms with Crippen LogP contribution in [-0.2, 0) is 6.42 Å². The summed E-state index contributed by atoms with van der Waals surface area (Å²) in [5.41, 5.74) is 6.82. The van der Waals surface area contributed by atoms with Crippen LogP contribution in [0.2, 0.25) is 0 Å². The average molecular weight is 237 g/mol. The van der Waals surface area contributed by atoms with Gasteiger partial charge in [0.25, 0.3) is 0 Å². The van der Waals surface area contributed by atoms with Crippen molar-refractivity contribution in [3.63, 3.8) is 0 Å². The molecule has 0 saturated carbocycles. The number of hydrogen-bond acceptors (Lipinski definition) is 2. The van der Waals surface area contributed by atoms with Gasteiger partial charge in [0.05, 0.1) is 5.69 Å². The highest BCUT2D eigenvalue weighted by Gasteiger charge is 2.03. The first-order chi connectivity index (χ1) is 8.24. The Bertz CT molecular complexity index is 291. The van der Waals surface area contributed by atoms with Crippen LogP contribution in [0.15, 0.2) is 6.20 Å². The van der Waals surface area contributed by atoms with E-state index in [-0.39, 0.29) is 6.04 Å². The fourth-order valence-corrected chi connectivity index (χ4v) is 1.99. The number of aromatic nitrogens is 2. The summed E-state index contributed by atoms with van der Waals surface area (Å²) in [5, 5.41) is 0. The number of rotatable bonds is 9. The number of unbranched alkanes of at least 4 members (excludes halogenated alkanes) is 6. The molecule has 0 aliphatic carbocycles. The van der Waals surface area contributed by atoms with E-state index in [0.29, 0.717) is 0 Å². The van der Waals surface area contributed by atoms with Gasteiger partial charge < -0.3 is 10.7 Å². The number of nitrogens with one attached hydrogen (secondary N) is 1. The highest BCUT2D eigenvalue weighted by Crippen LogP contribution is 2.11. The molecule has 0 spiro atoms. The molecular weight excluding hydrogens is 210 g/mol. The van der Waals surface area contributed by atoms with Gasteiger partial charge >= 0.3 is 0 Å². The van der Waals surface area contributed by atoms with Crippen LogP contribution in [-0.4, -0.2) is 9.97 Å². The number of imidazole rings is 1. The normalized spacial score (nSPS) is 12.9. The van der Waals surface area contributed by atoms with E-state index in [1.807, 2.05) is 13.1 Å². The molecule has 0 aliphatic rings. The van der Waals surface area contributed by atoms with Gasteiger partial charge in [0, 0.05) is 18.7 Å². The van der Waals surface area contributed by atoms with Crippen molar-refractivity contribution < 1.29 is 0 Å². The van der Waals surface area contributed by atoms with Gasteiger partial charge in [-0.1, -0.05) is 45.4 Å². The third kappa shape index (κ3) is 5.87. The molecule has 0 bridgehead atoms. The monoisotopic (exact) mass is 237 g/mol. The van der Waals surface area contributed by atoms with Crippen LogP contribution in [0.25, 0.3) is 0 Å². The summed E-state index contributed by atoms with van der Waals surface area (Å²) in [5.74, 6) is 1.09. The number of H-pyrrole nitrogens is 1. The lowest BCUT2D eigenvalue weighted by molar-refractivity contribution is 0.585. The maximum absolute atomic E-state index is 5.78. The van der Waals surface area contributed by atoms with Crippen LogP contribution >= 0.6 is 0 Å². The third-order valence-electron chi connectivity index (χ3n) is 3.16. The second-order valence-corrected chi connectivity index (χ2v) is 4.95. The Hall–Kier alpha value is -0.830. The fraction of sp³-hybridized carbons (Fsp3) is 0.786. The van der Waals surface area contributed by atoms with E-state index in [1.54, 1.807) is 0 Å². The Kier molecular flexibility index (Phi) is 6.94. The van der Waals surface area contributed by atoms with Crippen molar-refractivity contribution in [1.29, 1.82) is 0 Å². The second kappa shape index (κ2) is 8.29. The topological polar surface area (TPSA) is 54.7 Å². The number of aryl methyl sites for hydroxylation is 1. The van der Waals surface area contributed by atoms with Crippen molar-refractivity contribution in [1.82, 2.24) is 9.97 Å². The van der Waals surface area contributed by atoms with Crippen LogP contribution < -0.4 is 5.73 Å². The smallest absolute Gasteiger partial charge is 0.106 e. The molecule has 3 nitrogen and oxygen atoms in total. The minimum Gasteiger partial charge on any atom is -0.345 e.